The van der Waals surface area contributed by atoms with Crippen LogP contribution in [0.2, 0.25) is 0 Å². The fraction of sp³-hybridized carbons (Fsp3) is 0.500. The first-order valence-corrected chi connectivity index (χ1v) is 7.12. The standard InChI is InChI=1S/C16H24N4/c1-13-18-19-15(20(13)4)12-17-16(2,3)11-10-14-8-6-5-7-9-14/h5-9,17H,10-12H2,1-4H3. The summed E-state index contributed by atoms with van der Waals surface area (Å²) in [5.41, 5.74) is 1.47. The largest absolute Gasteiger partial charge is 0.317 e. The maximum Gasteiger partial charge on any atom is 0.146 e. The molecule has 0 aliphatic heterocycles. The van der Waals surface area contributed by atoms with Crippen LogP contribution in [0.4, 0.5) is 0 Å². The van der Waals surface area contributed by atoms with Crippen molar-refractivity contribution in [3.8, 4) is 0 Å². The number of aromatic nitrogens is 3. The Morgan fingerprint density at radius 2 is 1.85 bits per heavy atom. The van der Waals surface area contributed by atoms with E-state index in [9.17, 15) is 0 Å². The zero-order valence-electron chi connectivity index (χ0n) is 12.8. The van der Waals surface area contributed by atoms with Gasteiger partial charge in [0, 0.05) is 12.6 Å². The second-order valence-corrected chi connectivity index (χ2v) is 5.95. The maximum absolute atomic E-state index is 4.19. The minimum Gasteiger partial charge on any atom is -0.317 e. The Morgan fingerprint density at radius 1 is 1.15 bits per heavy atom. The highest BCUT2D eigenvalue weighted by atomic mass is 15.3. The predicted octanol–water partition coefficient (Wildman–Crippen LogP) is 2.62. The molecule has 0 saturated carbocycles. The molecule has 2 aromatic rings. The number of hydrogen-bond acceptors (Lipinski definition) is 3. The van der Waals surface area contributed by atoms with Crippen LogP contribution in [0.3, 0.4) is 0 Å². The molecule has 4 heteroatoms. The van der Waals surface area contributed by atoms with Crippen molar-refractivity contribution >= 4 is 0 Å². The lowest BCUT2D eigenvalue weighted by molar-refractivity contribution is 0.354. The van der Waals surface area contributed by atoms with Gasteiger partial charge in [0.2, 0.25) is 0 Å². The van der Waals surface area contributed by atoms with Gasteiger partial charge in [0.1, 0.15) is 11.6 Å². The molecule has 0 aliphatic rings. The average Bonchev–Trinajstić information content (AvgIpc) is 2.76. The highest BCUT2D eigenvalue weighted by molar-refractivity contribution is 5.15. The average molecular weight is 272 g/mol. The lowest BCUT2D eigenvalue weighted by Crippen LogP contribution is -2.39. The monoisotopic (exact) mass is 272 g/mol. The minimum absolute atomic E-state index is 0.0791. The van der Waals surface area contributed by atoms with Crippen molar-refractivity contribution in [2.45, 2.75) is 45.7 Å². The smallest absolute Gasteiger partial charge is 0.146 e. The summed E-state index contributed by atoms with van der Waals surface area (Å²) in [4.78, 5) is 0. The van der Waals surface area contributed by atoms with E-state index in [1.165, 1.54) is 5.56 Å². The number of nitrogens with one attached hydrogen (secondary N) is 1. The fourth-order valence-electron chi connectivity index (χ4n) is 2.11. The van der Waals surface area contributed by atoms with E-state index in [2.05, 4.69) is 59.7 Å². The fourth-order valence-corrected chi connectivity index (χ4v) is 2.11. The maximum atomic E-state index is 4.19. The van der Waals surface area contributed by atoms with Gasteiger partial charge in [-0.2, -0.15) is 0 Å². The number of nitrogens with zero attached hydrogens (tertiary/aromatic N) is 3. The Bertz CT molecular complexity index is 543. The summed E-state index contributed by atoms with van der Waals surface area (Å²) >= 11 is 0. The van der Waals surface area contributed by atoms with Gasteiger partial charge in [0.05, 0.1) is 6.54 Å². The van der Waals surface area contributed by atoms with E-state index in [1.807, 2.05) is 18.5 Å². The molecule has 0 aliphatic carbocycles. The molecule has 20 heavy (non-hydrogen) atoms. The molecule has 0 bridgehead atoms. The molecule has 2 rings (SSSR count). The molecule has 0 amide bonds. The van der Waals surface area contributed by atoms with Crippen molar-refractivity contribution in [3.05, 3.63) is 47.5 Å². The lowest BCUT2D eigenvalue weighted by Gasteiger charge is -2.26. The summed E-state index contributed by atoms with van der Waals surface area (Å²) in [6.07, 6.45) is 2.17. The van der Waals surface area contributed by atoms with E-state index in [1.54, 1.807) is 0 Å². The Labute approximate surface area is 121 Å². The van der Waals surface area contributed by atoms with E-state index in [-0.39, 0.29) is 5.54 Å². The SMILES string of the molecule is Cc1nnc(CNC(C)(C)CCc2ccccc2)n1C. The molecular formula is C16H24N4. The molecule has 0 saturated heterocycles. The van der Waals surface area contributed by atoms with Gasteiger partial charge in [-0.15, -0.1) is 10.2 Å². The first-order valence-electron chi connectivity index (χ1n) is 7.12. The number of benzene rings is 1. The molecule has 0 radical (unpaired) electrons. The summed E-state index contributed by atoms with van der Waals surface area (Å²) in [5, 5.41) is 11.8. The van der Waals surface area contributed by atoms with Gasteiger partial charge >= 0.3 is 0 Å². The third kappa shape index (κ3) is 3.90. The zero-order valence-corrected chi connectivity index (χ0v) is 12.8. The van der Waals surface area contributed by atoms with Crippen LogP contribution in [0.5, 0.6) is 0 Å². The minimum atomic E-state index is 0.0791. The summed E-state index contributed by atoms with van der Waals surface area (Å²) in [5.74, 6) is 1.93. The van der Waals surface area contributed by atoms with Crippen molar-refractivity contribution < 1.29 is 0 Å². The van der Waals surface area contributed by atoms with Crippen LogP contribution in [0.25, 0.3) is 0 Å². The van der Waals surface area contributed by atoms with Crippen LogP contribution in [-0.2, 0) is 20.0 Å². The molecule has 1 aromatic carbocycles. The van der Waals surface area contributed by atoms with E-state index in [0.717, 1.165) is 31.0 Å². The normalized spacial score (nSPS) is 11.8. The van der Waals surface area contributed by atoms with E-state index in [0.29, 0.717) is 0 Å². The van der Waals surface area contributed by atoms with Gasteiger partial charge < -0.3 is 9.88 Å². The van der Waals surface area contributed by atoms with Gasteiger partial charge in [0.25, 0.3) is 0 Å². The van der Waals surface area contributed by atoms with Gasteiger partial charge in [-0.3, -0.25) is 0 Å². The van der Waals surface area contributed by atoms with Crippen molar-refractivity contribution in [3.63, 3.8) is 0 Å². The van der Waals surface area contributed by atoms with Crippen molar-refractivity contribution in [1.82, 2.24) is 20.1 Å². The second-order valence-electron chi connectivity index (χ2n) is 5.95. The van der Waals surface area contributed by atoms with Crippen LogP contribution in [0.1, 0.15) is 37.5 Å². The summed E-state index contributed by atoms with van der Waals surface area (Å²) in [6.45, 7) is 7.19. The van der Waals surface area contributed by atoms with Crippen molar-refractivity contribution in [2.24, 2.45) is 7.05 Å². The van der Waals surface area contributed by atoms with Crippen LogP contribution >= 0.6 is 0 Å². The lowest BCUT2D eigenvalue weighted by atomic mass is 9.95. The molecule has 0 atom stereocenters. The van der Waals surface area contributed by atoms with Crippen LogP contribution in [0.15, 0.2) is 30.3 Å². The molecule has 0 fully saturated rings. The van der Waals surface area contributed by atoms with Crippen LogP contribution in [-0.4, -0.2) is 20.3 Å². The van der Waals surface area contributed by atoms with Gasteiger partial charge in [-0.05, 0) is 39.2 Å². The quantitative estimate of drug-likeness (QED) is 0.879. The van der Waals surface area contributed by atoms with E-state index in [4.69, 9.17) is 0 Å². The topological polar surface area (TPSA) is 42.7 Å². The number of rotatable bonds is 6. The highest BCUT2D eigenvalue weighted by Crippen LogP contribution is 2.14. The molecular weight excluding hydrogens is 248 g/mol. The van der Waals surface area contributed by atoms with Gasteiger partial charge in [-0.1, -0.05) is 30.3 Å². The highest BCUT2D eigenvalue weighted by Gasteiger charge is 2.18. The van der Waals surface area contributed by atoms with Crippen LogP contribution in [0, 0.1) is 6.92 Å². The first kappa shape index (κ1) is 14.7. The predicted molar refractivity (Wildman–Crippen MR) is 81.4 cm³/mol. The summed E-state index contributed by atoms with van der Waals surface area (Å²) in [6, 6.07) is 10.6. The molecule has 108 valence electrons. The molecule has 4 nitrogen and oxygen atoms in total. The summed E-state index contributed by atoms with van der Waals surface area (Å²) in [7, 11) is 2.00. The number of hydrogen-bond donors (Lipinski definition) is 1. The molecule has 0 unspecified atom stereocenters. The van der Waals surface area contributed by atoms with Gasteiger partial charge in [0.15, 0.2) is 0 Å². The summed E-state index contributed by atoms with van der Waals surface area (Å²) < 4.78 is 2.03. The molecule has 1 N–H and O–H groups in total. The Balaban J connectivity index is 1.86. The molecule has 1 heterocycles. The zero-order chi connectivity index (χ0) is 14.6. The third-order valence-electron chi connectivity index (χ3n) is 3.79. The van der Waals surface area contributed by atoms with E-state index < -0.39 is 0 Å². The molecule has 0 spiro atoms. The second kappa shape index (κ2) is 6.18. The first-order chi connectivity index (χ1) is 9.48. The van der Waals surface area contributed by atoms with Crippen molar-refractivity contribution in [2.75, 3.05) is 0 Å². The Kier molecular flexibility index (Phi) is 4.55. The van der Waals surface area contributed by atoms with Gasteiger partial charge in [-0.25, -0.2) is 0 Å². The van der Waals surface area contributed by atoms with Crippen LogP contribution < -0.4 is 5.32 Å². The number of aryl methyl sites for hydroxylation is 2. The Hall–Kier alpha value is -1.68. The van der Waals surface area contributed by atoms with Crippen molar-refractivity contribution in [1.29, 1.82) is 0 Å². The Morgan fingerprint density at radius 3 is 2.45 bits per heavy atom. The third-order valence-corrected chi connectivity index (χ3v) is 3.79. The van der Waals surface area contributed by atoms with E-state index >= 15 is 0 Å². The molecule has 1 aromatic heterocycles.